The smallest absolute Gasteiger partial charge is 0.240 e. The molecule has 1 aromatic carbocycles. The average Bonchev–Trinajstić information content (AvgIpc) is 3.04. The van der Waals surface area contributed by atoms with E-state index in [2.05, 4.69) is 25.3 Å². The van der Waals surface area contributed by atoms with E-state index < -0.39 is 0 Å². The van der Waals surface area contributed by atoms with Crippen molar-refractivity contribution in [2.75, 3.05) is 12.4 Å². The highest BCUT2D eigenvalue weighted by atomic mass is 19.1. The van der Waals surface area contributed by atoms with Crippen LogP contribution in [0.2, 0.25) is 0 Å². The van der Waals surface area contributed by atoms with E-state index >= 15 is 0 Å². The molecule has 7 heteroatoms. The lowest BCUT2D eigenvalue weighted by Gasteiger charge is -2.09. The van der Waals surface area contributed by atoms with Crippen LogP contribution >= 0.6 is 0 Å². The summed E-state index contributed by atoms with van der Waals surface area (Å²) in [7, 11) is 1.72. The van der Waals surface area contributed by atoms with E-state index in [-0.39, 0.29) is 5.82 Å². The molecule has 0 atom stereocenters. The first-order chi connectivity index (χ1) is 10.2. The molecule has 0 unspecified atom stereocenters. The number of benzene rings is 1. The summed E-state index contributed by atoms with van der Waals surface area (Å²) >= 11 is 0. The summed E-state index contributed by atoms with van der Waals surface area (Å²) in [6.07, 6.45) is 4.96. The van der Waals surface area contributed by atoms with Crippen molar-refractivity contribution in [3.63, 3.8) is 0 Å². The molecule has 2 aromatic heterocycles. The number of aromatic nitrogens is 5. The number of hydrogen-bond acceptors (Lipinski definition) is 5. The van der Waals surface area contributed by atoms with Crippen molar-refractivity contribution in [1.29, 1.82) is 0 Å². The standard InChI is InChI=1S/C14H13FN6/c1-9-10(4-3-5-11(9)15)12-18-13(16-2)20-14(19-12)21-7-6-17-8-21/h3-8H,1-2H3,(H,16,18,19,20). The molecule has 0 spiro atoms. The maximum absolute atomic E-state index is 13.7. The van der Waals surface area contributed by atoms with E-state index in [4.69, 9.17) is 0 Å². The van der Waals surface area contributed by atoms with Crippen LogP contribution in [0.15, 0.2) is 36.9 Å². The maximum Gasteiger partial charge on any atom is 0.240 e. The second-order valence-electron chi connectivity index (χ2n) is 4.41. The van der Waals surface area contributed by atoms with Crippen molar-refractivity contribution < 1.29 is 4.39 Å². The van der Waals surface area contributed by atoms with Gasteiger partial charge >= 0.3 is 0 Å². The van der Waals surface area contributed by atoms with Crippen LogP contribution < -0.4 is 5.32 Å². The quantitative estimate of drug-likeness (QED) is 0.798. The summed E-state index contributed by atoms with van der Waals surface area (Å²) in [4.78, 5) is 16.9. The van der Waals surface area contributed by atoms with Gasteiger partial charge in [0.15, 0.2) is 5.82 Å². The second-order valence-corrected chi connectivity index (χ2v) is 4.41. The van der Waals surface area contributed by atoms with Gasteiger partial charge in [0.25, 0.3) is 0 Å². The zero-order chi connectivity index (χ0) is 14.8. The third-order valence-corrected chi connectivity index (χ3v) is 3.09. The molecule has 0 aliphatic carbocycles. The minimum Gasteiger partial charge on any atom is -0.357 e. The van der Waals surface area contributed by atoms with Gasteiger partial charge in [-0.2, -0.15) is 15.0 Å². The normalized spacial score (nSPS) is 10.6. The number of rotatable bonds is 3. The Morgan fingerprint density at radius 3 is 2.76 bits per heavy atom. The molecule has 3 rings (SSSR count). The molecule has 0 bridgehead atoms. The predicted molar refractivity (Wildman–Crippen MR) is 76.6 cm³/mol. The van der Waals surface area contributed by atoms with Gasteiger partial charge in [0.2, 0.25) is 11.9 Å². The first-order valence-electron chi connectivity index (χ1n) is 6.36. The van der Waals surface area contributed by atoms with Crippen LogP contribution in [0.25, 0.3) is 17.3 Å². The first-order valence-corrected chi connectivity index (χ1v) is 6.36. The number of nitrogens with zero attached hydrogens (tertiary/aromatic N) is 5. The Balaban J connectivity index is 2.18. The van der Waals surface area contributed by atoms with Crippen molar-refractivity contribution in [2.24, 2.45) is 0 Å². The van der Waals surface area contributed by atoms with Crippen molar-refractivity contribution in [1.82, 2.24) is 24.5 Å². The molecule has 106 valence electrons. The predicted octanol–water partition coefficient (Wildman–Crippen LogP) is 2.21. The highest BCUT2D eigenvalue weighted by Crippen LogP contribution is 2.23. The molecular formula is C14H13FN6. The molecule has 0 amide bonds. The Morgan fingerprint density at radius 1 is 1.19 bits per heavy atom. The Hall–Kier alpha value is -2.83. The SMILES string of the molecule is CNc1nc(-c2cccc(F)c2C)nc(-n2ccnc2)n1. The van der Waals surface area contributed by atoms with Gasteiger partial charge in [-0.3, -0.25) is 4.57 Å². The third kappa shape index (κ3) is 2.45. The van der Waals surface area contributed by atoms with Crippen LogP contribution in [-0.2, 0) is 0 Å². The average molecular weight is 284 g/mol. The van der Waals surface area contributed by atoms with Crippen molar-refractivity contribution in [2.45, 2.75) is 6.92 Å². The van der Waals surface area contributed by atoms with Gasteiger partial charge in [0, 0.05) is 25.0 Å². The summed E-state index contributed by atoms with van der Waals surface area (Å²) < 4.78 is 15.4. The van der Waals surface area contributed by atoms with E-state index in [9.17, 15) is 4.39 Å². The van der Waals surface area contributed by atoms with Crippen LogP contribution in [0.1, 0.15) is 5.56 Å². The summed E-state index contributed by atoms with van der Waals surface area (Å²) in [5.41, 5.74) is 1.14. The fourth-order valence-electron chi connectivity index (χ4n) is 1.94. The van der Waals surface area contributed by atoms with Gasteiger partial charge < -0.3 is 5.32 Å². The van der Waals surface area contributed by atoms with Crippen molar-refractivity contribution in [3.05, 3.63) is 48.3 Å². The third-order valence-electron chi connectivity index (χ3n) is 3.09. The monoisotopic (exact) mass is 284 g/mol. The maximum atomic E-state index is 13.7. The number of nitrogens with one attached hydrogen (secondary N) is 1. The molecule has 6 nitrogen and oxygen atoms in total. The molecule has 0 aliphatic rings. The van der Waals surface area contributed by atoms with Crippen LogP contribution in [0.4, 0.5) is 10.3 Å². The van der Waals surface area contributed by atoms with Crippen molar-refractivity contribution in [3.8, 4) is 17.3 Å². The lowest BCUT2D eigenvalue weighted by atomic mass is 10.1. The van der Waals surface area contributed by atoms with Gasteiger partial charge in [0.05, 0.1) is 0 Å². The lowest BCUT2D eigenvalue weighted by molar-refractivity contribution is 0.619. The zero-order valence-corrected chi connectivity index (χ0v) is 11.6. The molecule has 0 aliphatic heterocycles. The molecular weight excluding hydrogens is 271 g/mol. The second kappa shape index (κ2) is 5.28. The van der Waals surface area contributed by atoms with Gasteiger partial charge in [-0.25, -0.2) is 9.37 Å². The van der Waals surface area contributed by atoms with Crippen LogP contribution in [0.3, 0.4) is 0 Å². The lowest BCUT2D eigenvalue weighted by Crippen LogP contribution is -2.07. The van der Waals surface area contributed by atoms with Gasteiger partial charge in [-0.15, -0.1) is 0 Å². The number of anilines is 1. The highest BCUT2D eigenvalue weighted by molar-refractivity contribution is 5.61. The fraction of sp³-hybridized carbons (Fsp3) is 0.143. The van der Waals surface area contributed by atoms with Crippen LogP contribution in [-0.4, -0.2) is 31.6 Å². The molecule has 1 N–H and O–H groups in total. The fourth-order valence-corrected chi connectivity index (χ4v) is 1.94. The number of halogens is 1. The Labute approximate surface area is 120 Å². The Bertz CT molecular complexity index is 769. The van der Waals surface area contributed by atoms with Crippen molar-refractivity contribution >= 4 is 5.95 Å². The van der Waals surface area contributed by atoms with Gasteiger partial charge in [-0.1, -0.05) is 12.1 Å². The summed E-state index contributed by atoms with van der Waals surface area (Å²) in [5, 5.41) is 2.88. The molecule has 0 saturated carbocycles. The number of imidazole rings is 1. The molecule has 0 saturated heterocycles. The van der Waals surface area contributed by atoms with E-state index in [1.165, 1.54) is 6.07 Å². The molecule has 3 aromatic rings. The largest absolute Gasteiger partial charge is 0.357 e. The summed E-state index contributed by atoms with van der Waals surface area (Å²) in [6, 6.07) is 4.83. The topological polar surface area (TPSA) is 68.5 Å². The minimum absolute atomic E-state index is 0.289. The molecule has 0 fully saturated rings. The summed E-state index contributed by atoms with van der Waals surface area (Å²) in [5.74, 6) is 0.955. The molecule has 0 radical (unpaired) electrons. The Morgan fingerprint density at radius 2 is 2.05 bits per heavy atom. The van der Waals surface area contributed by atoms with E-state index in [1.54, 1.807) is 49.4 Å². The number of hydrogen-bond donors (Lipinski definition) is 1. The van der Waals surface area contributed by atoms with E-state index in [0.29, 0.717) is 28.8 Å². The summed E-state index contributed by atoms with van der Waals surface area (Å²) in [6.45, 7) is 1.70. The van der Waals surface area contributed by atoms with E-state index in [1.807, 2.05) is 0 Å². The van der Waals surface area contributed by atoms with Gasteiger partial charge in [0.1, 0.15) is 12.1 Å². The first kappa shape index (κ1) is 13.2. The molecule has 2 heterocycles. The highest BCUT2D eigenvalue weighted by Gasteiger charge is 2.12. The van der Waals surface area contributed by atoms with E-state index in [0.717, 1.165) is 0 Å². The van der Waals surface area contributed by atoms with Gasteiger partial charge in [-0.05, 0) is 18.6 Å². The van der Waals surface area contributed by atoms with Crippen LogP contribution in [0, 0.1) is 12.7 Å². The zero-order valence-electron chi connectivity index (χ0n) is 11.6. The van der Waals surface area contributed by atoms with Crippen LogP contribution in [0.5, 0.6) is 0 Å². The minimum atomic E-state index is -0.289. The Kier molecular flexibility index (Phi) is 3.31. The molecule has 21 heavy (non-hydrogen) atoms.